The zero-order chi connectivity index (χ0) is 13.8. The lowest BCUT2D eigenvalue weighted by atomic mass is 10.1. The Morgan fingerprint density at radius 3 is 2.26 bits per heavy atom. The molecular weight excluding hydrogens is 242 g/mol. The minimum Gasteiger partial charge on any atom is -0.399 e. The van der Waals surface area contributed by atoms with Gasteiger partial charge in [0.1, 0.15) is 6.54 Å². The summed E-state index contributed by atoms with van der Waals surface area (Å²) in [5.74, 6) is 0.0294. The molecule has 1 fully saturated rings. The number of hydrogen-bond acceptors (Lipinski definition) is 3. The zero-order valence-electron chi connectivity index (χ0n) is 11.1. The van der Waals surface area contributed by atoms with Crippen LogP contribution < -0.4 is 5.73 Å². The van der Waals surface area contributed by atoms with Crippen LogP contribution in [0, 0.1) is 0 Å². The van der Waals surface area contributed by atoms with Crippen molar-refractivity contribution in [2.45, 2.75) is 19.9 Å². The predicted octanol–water partition coefficient (Wildman–Crippen LogP) is 0.850. The second-order valence-corrected chi connectivity index (χ2v) is 4.81. The number of nitrogens with zero attached hydrogens (tertiary/aromatic N) is 2. The SMILES string of the molecule is CCCN1CC(=O)N(Cc2ccc(N)cc2)CC1=O. The average molecular weight is 261 g/mol. The molecule has 1 aliphatic heterocycles. The molecule has 1 aromatic carbocycles. The van der Waals surface area contributed by atoms with Crippen molar-refractivity contribution < 1.29 is 9.59 Å². The van der Waals surface area contributed by atoms with Crippen LogP contribution in [-0.2, 0) is 16.1 Å². The van der Waals surface area contributed by atoms with Crippen LogP contribution in [0.15, 0.2) is 24.3 Å². The largest absolute Gasteiger partial charge is 0.399 e. The molecule has 0 unspecified atom stereocenters. The van der Waals surface area contributed by atoms with E-state index in [-0.39, 0.29) is 24.9 Å². The maximum Gasteiger partial charge on any atom is 0.242 e. The van der Waals surface area contributed by atoms with Crippen LogP contribution in [0.25, 0.3) is 0 Å². The highest BCUT2D eigenvalue weighted by Crippen LogP contribution is 2.12. The van der Waals surface area contributed by atoms with Crippen LogP contribution >= 0.6 is 0 Å². The normalized spacial score (nSPS) is 16.1. The average Bonchev–Trinajstić information content (AvgIpc) is 2.38. The molecule has 1 aromatic rings. The number of amides is 2. The van der Waals surface area contributed by atoms with E-state index in [0.717, 1.165) is 12.0 Å². The van der Waals surface area contributed by atoms with E-state index in [2.05, 4.69) is 0 Å². The van der Waals surface area contributed by atoms with Crippen molar-refractivity contribution in [1.82, 2.24) is 9.80 Å². The van der Waals surface area contributed by atoms with Crippen molar-refractivity contribution in [3.8, 4) is 0 Å². The van der Waals surface area contributed by atoms with Gasteiger partial charge in [0, 0.05) is 18.8 Å². The summed E-state index contributed by atoms with van der Waals surface area (Å²) in [5.41, 5.74) is 7.30. The number of carbonyl (C=O) groups excluding carboxylic acids is 2. The quantitative estimate of drug-likeness (QED) is 0.817. The lowest BCUT2D eigenvalue weighted by molar-refractivity contribution is -0.150. The van der Waals surface area contributed by atoms with Crippen molar-refractivity contribution in [2.75, 3.05) is 25.4 Å². The summed E-state index contributed by atoms with van der Waals surface area (Å²) >= 11 is 0. The fourth-order valence-corrected chi connectivity index (χ4v) is 2.16. The van der Waals surface area contributed by atoms with E-state index in [0.29, 0.717) is 18.8 Å². The third-order valence-electron chi connectivity index (χ3n) is 3.20. The maximum absolute atomic E-state index is 12.0. The van der Waals surface area contributed by atoms with Crippen LogP contribution in [-0.4, -0.2) is 41.2 Å². The van der Waals surface area contributed by atoms with Gasteiger partial charge in [-0.3, -0.25) is 9.59 Å². The number of benzene rings is 1. The summed E-state index contributed by atoms with van der Waals surface area (Å²) in [6.45, 7) is 3.48. The van der Waals surface area contributed by atoms with Crippen LogP contribution in [0.2, 0.25) is 0 Å². The summed E-state index contributed by atoms with van der Waals surface area (Å²) in [6, 6.07) is 7.36. The smallest absolute Gasteiger partial charge is 0.242 e. The first-order valence-electron chi connectivity index (χ1n) is 6.50. The van der Waals surface area contributed by atoms with Gasteiger partial charge in [0.05, 0.1) is 6.54 Å². The van der Waals surface area contributed by atoms with Crippen molar-refractivity contribution in [2.24, 2.45) is 0 Å². The number of anilines is 1. The molecule has 102 valence electrons. The highest BCUT2D eigenvalue weighted by molar-refractivity contribution is 5.92. The Labute approximate surface area is 113 Å². The second kappa shape index (κ2) is 5.73. The van der Waals surface area contributed by atoms with Gasteiger partial charge in [-0.25, -0.2) is 0 Å². The summed E-state index contributed by atoms with van der Waals surface area (Å²) in [6.07, 6.45) is 0.872. The van der Waals surface area contributed by atoms with E-state index in [9.17, 15) is 9.59 Å². The molecule has 5 nitrogen and oxygen atoms in total. The van der Waals surface area contributed by atoms with E-state index < -0.39 is 0 Å². The molecule has 1 saturated heterocycles. The monoisotopic (exact) mass is 261 g/mol. The molecule has 0 saturated carbocycles. The van der Waals surface area contributed by atoms with Crippen molar-refractivity contribution in [3.05, 3.63) is 29.8 Å². The first-order chi connectivity index (χ1) is 9.10. The summed E-state index contributed by atoms with van der Waals surface area (Å²) < 4.78 is 0. The lowest BCUT2D eigenvalue weighted by Crippen LogP contribution is -2.53. The van der Waals surface area contributed by atoms with E-state index >= 15 is 0 Å². The van der Waals surface area contributed by atoms with E-state index in [4.69, 9.17) is 5.73 Å². The first-order valence-corrected chi connectivity index (χ1v) is 6.50. The molecule has 0 bridgehead atoms. The zero-order valence-corrected chi connectivity index (χ0v) is 11.1. The third-order valence-corrected chi connectivity index (χ3v) is 3.20. The van der Waals surface area contributed by atoms with Gasteiger partial charge >= 0.3 is 0 Å². The minimum absolute atomic E-state index is 0.00451. The molecule has 1 heterocycles. The van der Waals surface area contributed by atoms with Crippen LogP contribution in [0.5, 0.6) is 0 Å². The lowest BCUT2D eigenvalue weighted by Gasteiger charge is -2.33. The van der Waals surface area contributed by atoms with Crippen molar-refractivity contribution in [3.63, 3.8) is 0 Å². The summed E-state index contributed by atoms with van der Waals surface area (Å²) in [5, 5.41) is 0. The Morgan fingerprint density at radius 1 is 1.05 bits per heavy atom. The molecule has 0 aliphatic carbocycles. The molecule has 1 aliphatic rings. The predicted molar refractivity (Wildman–Crippen MR) is 73.1 cm³/mol. The highest BCUT2D eigenvalue weighted by atomic mass is 16.2. The van der Waals surface area contributed by atoms with Crippen LogP contribution in [0.3, 0.4) is 0 Å². The molecule has 0 radical (unpaired) electrons. The molecule has 2 N–H and O–H groups in total. The van der Waals surface area contributed by atoms with E-state index in [1.54, 1.807) is 21.9 Å². The van der Waals surface area contributed by atoms with Crippen molar-refractivity contribution >= 4 is 17.5 Å². The van der Waals surface area contributed by atoms with Gasteiger partial charge in [-0.1, -0.05) is 19.1 Å². The standard InChI is InChI=1S/C14H19N3O2/c1-2-7-16-9-14(19)17(10-13(16)18)8-11-3-5-12(15)6-4-11/h3-6H,2,7-10,15H2,1H3. The van der Waals surface area contributed by atoms with E-state index in [1.807, 2.05) is 19.1 Å². The van der Waals surface area contributed by atoms with Gasteiger partial charge in [0.25, 0.3) is 0 Å². The molecule has 0 aromatic heterocycles. The minimum atomic E-state index is 0.00451. The highest BCUT2D eigenvalue weighted by Gasteiger charge is 2.28. The maximum atomic E-state index is 12.0. The van der Waals surface area contributed by atoms with Gasteiger partial charge < -0.3 is 15.5 Å². The van der Waals surface area contributed by atoms with Gasteiger partial charge in [0.15, 0.2) is 0 Å². The number of nitrogen functional groups attached to an aromatic ring is 1. The Kier molecular flexibility index (Phi) is 4.04. The number of rotatable bonds is 4. The molecule has 0 spiro atoms. The van der Waals surface area contributed by atoms with Gasteiger partial charge in [0.2, 0.25) is 11.8 Å². The third kappa shape index (κ3) is 3.24. The molecular formula is C14H19N3O2. The van der Waals surface area contributed by atoms with Gasteiger partial charge in [-0.05, 0) is 24.1 Å². The Balaban J connectivity index is 2.00. The van der Waals surface area contributed by atoms with Crippen LogP contribution in [0.4, 0.5) is 5.69 Å². The molecule has 19 heavy (non-hydrogen) atoms. The molecule has 2 amide bonds. The molecule has 2 rings (SSSR count). The van der Waals surface area contributed by atoms with Gasteiger partial charge in [-0.2, -0.15) is 0 Å². The Bertz CT molecular complexity index is 470. The van der Waals surface area contributed by atoms with E-state index in [1.165, 1.54) is 0 Å². The Morgan fingerprint density at radius 2 is 1.63 bits per heavy atom. The number of nitrogens with two attached hydrogens (primary N) is 1. The Hall–Kier alpha value is -2.04. The topological polar surface area (TPSA) is 66.6 Å². The number of hydrogen-bond donors (Lipinski definition) is 1. The van der Waals surface area contributed by atoms with Crippen molar-refractivity contribution in [1.29, 1.82) is 0 Å². The first kappa shape index (κ1) is 13.4. The fraction of sp³-hybridized carbons (Fsp3) is 0.429. The number of carbonyl (C=O) groups is 2. The summed E-state index contributed by atoms with van der Waals surface area (Å²) in [7, 11) is 0. The fourth-order valence-electron chi connectivity index (χ4n) is 2.16. The number of piperazine rings is 1. The summed E-state index contributed by atoms with van der Waals surface area (Å²) in [4.78, 5) is 27.1. The molecule has 0 atom stereocenters. The second-order valence-electron chi connectivity index (χ2n) is 4.81. The van der Waals surface area contributed by atoms with Gasteiger partial charge in [-0.15, -0.1) is 0 Å². The van der Waals surface area contributed by atoms with Crippen LogP contribution in [0.1, 0.15) is 18.9 Å². The molecule has 5 heteroatoms.